The summed E-state index contributed by atoms with van der Waals surface area (Å²) < 4.78 is 5.03. The molecule has 290 valence electrons. The number of hydrogen-bond acceptors (Lipinski definition) is 4. The average Bonchev–Trinajstić information content (AvgIpc) is 3.88. The molecule has 62 heavy (non-hydrogen) atoms. The van der Waals surface area contributed by atoms with Crippen LogP contribution < -0.4 is 5.32 Å². The van der Waals surface area contributed by atoms with Gasteiger partial charge in [0.15, 0.2) is 5.84 Å². The molecule has 0 saturated heterocycles. The van der Waals surface area contributed by atoms with Gasteiger partial charge < -0.3 is 9.88 Å². The van der Waals surface area contributed by atoms with Crippen molar-refractivity contribution in [2.24, 2.45) is 9.98 Å². The maximum atomic E-state index is 5.50. The fourth-order valence-electron chi connectivity index (χ4n) is 9.74. The van der Waals surface area contributed by atoms with E-state index >= 15 is 0 Å². The summed E-state index contributed by atoms with van der Waals surface area (Å²) in [6.07, 6.45) is -0.424. The minimum Gasteiger partial charge on any atom is -0.344 e. The van der Waals surface area contributed by atoms with Gasteiger partial charge in [0.1, 0.15) is 12.0 Å². The van der Waals surface area contributed by atoms with Crippen molar-refractivity contribution in [1.29, 1.82) is 0 Å². The van der Waals surface area contributed by atoms with E-state index in [-0.39, 0.29) is 0 Å². The zero-order valence-electron chi connectivity index (χ0n) is 33.5. The molecule has 1 unspecified atom stereocenters. The second-order valence-electron chi connectivity index (χ2n) is 16.1. The standard InChI is InChI=1S/C57H36N4S/c1-2-17-38-34-52-48(32-37(38)16-1)42-22-7-9-28-50(42)61(52)51-31-30-39(33-49(51)45-25-13-24-44-43-23-8-10-29-53(43)62-54(44)45)55-58-56(46-26-11-18-35-14-3-5-20-40(35)46)60-57(59-55)47-27-12-19-36-15-4-6-21-41(36)47/h1-34,55H,(H,58,59,60). The molecular weight excluding hydrogens is 773 g/mol. The molecule has 1 N–H and O–H groups in total. The number of amidine groups is 2. The number of rotatable bonds is 5. The summed E-state index contributed by atoms with van der Waals surface area (Å²) in [6, 6.07) is 74.6. The van der Waals surface area contributed by atoms with E-state index in [9.17, 15) is 0 Å². The molecule has 0 saturated carbocycles. The van der Waals surface area contributed by atoms with E-state index in [1.54, 1.807) is 0 Å². The summed E-state index contributed by atoms with van der Waals surface area (Å²) in [5, 5.41) is 15.9. The second-order valence-corrected chi connectivity index (χ2v) is 17.2. The lowest BCUT2D eigenvalue weighted by Gasteiger charge is -2.26. The third kappa shape index (κ3) is 5.45. The Kier molecular flexibility index (Phi) is 7.81. The topological polar surface area (TPSA) is 41.7 Å². The van der Waals surface area contributed by atoms with E-state index in [0.29, 0.717) is 5.84 Å². The highest BCUT2D eigenvalue weighted by Crippen LogP contribution is 2.44. The van der Waals surface area contributed by atoms with Crippen molar-refractivity contribution >= 4 is 97.3 Å². The molecular formula is C57H36N4S. The van der Waals surface area contributed by atoms with Crippen molar-refractivity contribution in [2.45, 2.75) is 6.17 Å². The average molecular weight is 809 g/mol. The largest absolute Gasteiger partial charge is 0.344 e. The summed E-state index contributed by atoms with van der Waals surface area (Å²) in [4.78, 5) is 10.8. The minimum atomic E-state index is -0.424. The van der Waals surface area contributed by atoms with Crippen molar-refractivity contribution in [3.05, 3.63) is 223 Å². The predicted octanol–water partition coefficient (Wildman–Crippen LogP) is 14.8. The molecule has 1 aliphatic rings. The number of benzene rings is 10. The summed E-state index contributed by atoms with van der Waals surface area (Å²) >= 11 is 1.87. The van der Waals surface area contributed by atoms with Crippen LogP contribution in [0.25, 0.3) is 91.1 Å². The van der Waals surface area contributed by atoms with Crippen LogP contribution in [0.5, 0.6) is 0 Å². The molecule has 4 nitrogen and oxygen atoms in total. The smallest absolute Gasteiger partial charge is 0.160 e. The Morgan fingerprint density at radius 3 is 1.82 bits per heavy atom. The van der Waals surface area contributed by atoms with Crippen molar-refractivity contribution in [3.63, 3.8) is 0 Å². The Labute approximate surface area is 361 Å². The number of nitrogens with one attached hydrogen (secondary N) is 1. The first-order chi connectivity index (χ1) is 30.7. The number of hydrogen-bond donors (Lipinski definition) is 1. The van der Waals surface area contributed by atoms with E-state index in [1.807, 2.05) is 11.3 Å². The first-order valence-electron chi connectivity index (χ1n) is 21.1. The minimum absolute atomic E-state index is 0.424. The lowest BCUT2D eigenvalue weighted by atomic mass is 9.97. The number of aromatic nitrogens is 1. The molecule has 0 amide bonds. The van der Waals surface area contributed by atoms with E-state index in [4.69, 9.17) is 9.98 Å². The molecule has 0 radical (unpaired) electrons. The molecule has 0 spiro atoms. The van der Waals surface area contributed by atoms with Gasteiger partial charge in [-0.25, -0.2) is 9.98 Å². The van der Waals surface area contributed by atoms with Gasteiger partial charge in [0.05, 0.1) is 16.7 Å². The van der Waals surface area contributed by atoms with Gasteiger partial charge in [0.25, 0.3) is 0 Å². The Morgan fingerprint density at radius 2 is 1.02 bits per heavy atom. The fourth-order valence-corrected chi connectivity index (χ4v) is 11.0. The summed E-state index contributed by atoms with van der Waals surface area (Å²) in [6.45, 7) is 0. The van der Waals surface area contributed by atoms with E-state index in [2.05, 4.69) is 216 Å². The van der Waals surface area contributed by atoms with Gasteiger partial charge in [0.2, 0.25) is 0 Å². The molecule has 0 fully saturated rings. The van der Waals surface area contributed by atoms with Crippen LogP contribution in [-0.4, -0.2) is 16.2 Å². The predicted molar refractivity (Wildman–Crippen MR) is 263 cm³/mol. The van der Waals surface area contributed by atoms with Crippen LogP contribution in [0.2, 0.25) is 0 Å². The van der Waals surface area contributed by atoms with Gasteiger partial charge >= 0.3 is 0 Å². The van der Waals surface area contributed by atoms with Crippen molar-refractivity contribution < 1.29 is 0 Å². The maximum Gasteiger partial charge on any atom is 0.160 e. The van der Waals surface area contributed by atoms with E-state index < -0.39 is 6.17 Å². The molecule has 0 aliphatic carbocycles. The summed E-state index contributed by atoms with van der Waals surface area (Å²) in [5.41, 5.74) is 8.93. The normalized spacial score (nSPS) is 14.3. The molecule has 5 heteroatoms. The lowest BCUT2D eigenvalue weighted by Crippen LogP contribution is -2.33. The highest BCUT2D eigenvalue weighted by atomic mass is 32.1. The molecule has 1 atom stereocenters. The van der Waals surface area contributed by atoms with Crippen LogP contribution in [0, 0.1) is 0 Å². The van der Waals surface area contributed by atoms with Crippen LogP contribution in [0.4, 0.5) is 0 Å². The summed E-state index contributed by atoms with van der Waals surface area (Å²) in [7, 11) is 0. The van der Waals surface area contributed by atoms with Gasteiger partial charge in [-0.05, 0) is 74.3 Å². The van der Waals surface area contributed by atoms with Gasteiger partial charge in [0, 0.05) is 53.2 Å². The molecule has 12 aromatic rings. The lowest BCUT2D eigenvalue weighted by molar-refractivity contribution is 0.675. The summed E-state index contributed by atoms with van der Waals surface area (Å²) in [5.74, 6) is 1.51. The first kappa shape index (κ1) is 34.9. The SMILES string of the molecule is c1ccc2cc3c(cc2c1)c1ccccc1n3-c1ccc(C2N=C(c3cccc4ccccc34)N=C(c3cccc4ccccc34)N2)cc1-c1cccc2c1sc1ccccc12. The molecule has 3 heterocycles. The molecule has 13 rings (SSSR count). The quantitative estimate of drug-likeness (QED) is 0.185. The zero-order chi connectivity index (χ0) is 40.7. The van der Waals surface area contributed by atoms with Crippen LogP contribution in [0.15, 0.2) is 216 Å². The number of para-hydroxylation sites is 1. The van der Waals surface area contributed by atoms with E-state index in [0.717, 1.165) is 49.9 Å². The van der Waals surface area contributed by atoms with E-state index in [1.165, 1.54) is 63.7 Å². The molecule has 10 aromatic carbocycles. The molecule has 0 bridgehead atoms. The number of aliphatic imine (C=N–C) groups is 2. The van der Waals surface area contributed by atoms with Crippen molar-refractivity contribution in [1.82, 2.24) is 9.88 Å². The fraction of sp³-hybridized carbons (Fsp3) is 0.0175. The second kappa shape index (κ2) is 13.8. The zero-order valence-corrected chi connectivity index (χ0v) is 34.3. The third-order valence-corrected chi connectivity index (χ3v) is 13.8. The monoisotopic (exact) mass is 808 g/mol. The Balaban J connectivity index is 1.08. The van der Waals surface area contributed by atoms with Crippen LogP contribution in [0.1, 0.15) is 22.9 Å². The van der Waals surface area contributed by atoms with Crippen LogP contribution >= 0.6 is 11.3 Å². The Bertz CT molecular complexity index is 3860. The third-order valence-electron chi connectivity index (χ3n) is 12.6. The van der Waals surface area contributed by atoms with Gasteiger partial charge in [-0.15, -0.1) is 11.3 Å². The highest BCUT2D eigenvalue weighted by Gasteiger charge is 2.26. The Morgan fingerprint density at radius 1 is 0.419 bits per heavy atom. The van der Waals surface area contributed by atoms with Crippen LogP contribution in [-0.2, 0) is 0 Å². The highest BCUT2D eigenvalue weighted by molar-refractivity contribution is 7.26. The van der Waals surface area contributed by atoms with Crippen LogP contribution in [0.3, 0.4) is 0 Å². The van der Waals surface area contributed by atoms with Crippen molar-refractivity contribution in [2.75, 3.05) is 0 Å². The Hall–Kier alpha value is -7.86. The number of fused-ring (bicyclic) bond motifs is 9. The van der Waals surface area contributed by atoms with Gasteiger partial charge in [-0.3, -0.25) is 0 Å². The van der Waals surface area contributed by atoms with Gasteiger partial charge in [-0.1, -0.05) is 170 Å². The number of thiophene rings is 1. The van der Waals surface area contributed by atoms with Crippen molar-refractivity contribution in [3.8, 4) is 16.8 Å². The molecule has 1 aliphatic heterocycles. The number of nitrogens with zero attached hydrogens (tertiary/aromatic N) is 3. The van der Waals surface area contributed by atoms with Gasteiger partial charge in [-0.2, -0.15) is 0 Å². The first-order valence-corrected chi connectivity index (χ1v) is 21.9. The molecule has 2 aromatic heterocycles. The maximum absolute atomic E-state index is 5.50.